The van der Waals surface area contributed by atoms with Gasteiger partial charge in [0.25, 0.3) is 10.9 Å². The SMILES string of the molecule is C[C@@H](NC(=O)CSc1nc2cc([N+](=O)[O-])ccc2o1)c1ccc(F)cc1F. The molecule has 1 amide bonds. The maximum Gasteiger partial charge on any atom is 0.271 e. The number of nitro groups is 1. The third-order valence-electron chi connectivity index (χ3n) is 3.70. The summed E-state index contributed by atoms with van der Waals surface area (Å²) in [5, 5.41) is 13.6. The Morgan fingerprint density at radius 2 is 2.11 bits per heavy atom. The summed E-state index contributed by atoms with van der Waals surface area (Å²) in [6.45, 7) is 1.58. The Balaban J connectivity index is 1.61. The van der Waals surface area contributed by atoms with Crippen molar-refractivity contribution in [2.24, 2.45) is 0 Å². The van der Waals surface area contributed by atoms with Crippen LogP contribution in [0.5, 0.6) is 0 Å². The molecule has 0 aliphatic rings. The van der Waals surface area contributed by atoms with Crippen LogP contribution in [0.4, 0.5) is 14.5 Å². The van der Waals surface area contributed by atoms with Gasteiger partial charge in [0, 0.05) is 23.8 Å². The number of non-ortho nitro benzene ring substituents is 1. The maximum absolute atomic E-state index is 13.7. The molecule has 0 aliphatic carbocycles. The summed E-state index contributed by atoms with van der Waals surface area (Å²) in [5.74, 6) is -1.88. The number of thioether (sulfide) groups is 1. The standard InChI is InChI=1S/C17H13F2N3O4S/c1-9(12-4-2-10(18)6-13(12)19)20-16(23)8-27-17-21-14-7-11(22(24)25)3-5-15(14)26-17/h2-7,9H,8H2,1H3,(H,20,23)/t9-/m1/s1. The summed E-state index contributed by atoms with van der Waals surface area (Å²) >= 11 is 0.999. The summed E-state index contributed by atoms with van der Waals surface area (Å²) in [7, 11) is 0. The fourth-order valence-electron chi connectivity index (χ4n) is 2.41. The highest BCUT2D eigenvalue weighted by Gasteiger charge is 2.16. The third kappa shape index (κ3) is 4.40. The van der Waals surface area contributed by atoms with Gasteiger partial charge in [0.05, 0.1) is 16.7 Å². The fourth-order valence-corrected chi connectivity index (χ4v) is 3.06. The van der Waals surface area contributed by atoms with Gasteiger partial charge in [-0.15, -0.1) is 0 Å². The van der Waals surface area contributed by atoms with Crippen LogP contribution in [0.15, 0.2) is 46.0 Å². The van der Waals surface area contributed by atoms with Crippen LogP contribution in [0, 0.1) is 21.7 Å². The minimum absolute atomic E-state index is 0.0535. The molecule has 0 bridgehead atoms. The molecule has 3 rings (SSSR count). The molecule has 0 aliphatic heterocycles. The predicted molar refractivity (Wildman–Crippen MR) is 94.3 cm³/mol. The third-order valence-corrected chi connectivity index (χ3v) is 4.52. The number of benzene rings is 2. The highest BCUT2D eigenvalue weighted by molar-refractivity contribution is 7.99. The minimum atomic E-state index is -0.740. The Morgan fingerprint density at radius 3 is 2.81 bits per heavy atom. The van der Waals surface area contributed by atoms with Gasteiger partial charge in [0.15, 0.2) is 5.58 Å². The second-order valence-corrected chi connectivity index (χ2v) is 6.56. The monoisotopic (exact) mass is 393 g/mol. The first-order valence-corrected chi connectivity index (χ1v) is 8.74. The van der Waals surface area contributed by atoms with Crippen molar-refractivity contribution in [1.29, 1.82) is 0 Å². The van der Waals surface area contributed by atoms with Gasteiger partial charge in [-0.25, -0.2) is 13.8 Å². The molecular weight excluding hydrogens is 380 g/mol. The lowest BCUT2D eigenvalue weighted by molar-refractivity contribution is -0.384. The van der Waals surface area contributed by atoms with E-state index >= 15 is 0 Å². The first-order valence-electron chi connectivity index (χ1n) is 7.75. The second kappa shape index (κ2) is 7.70. The van der Waals surface area contributed by atoms with Crippen LogP contribution in [-0.4, -0.2) is 21.6 Å². The molecule has 27 heavy (non-hydrogen) atoms. The summed E-state index contributed by atoms with van der Waals surface area (Å²) in [4.78, 5) is 26.4. The number of nitrogens with zero attached hydrogens (tertiary/aromatic N) is 2. The normalized spacial score (nSPS) is 12.1. The predicted octanol–water partition coefficient (Wildman–Crippen LogP) is 3.98. The molecule has 1 atom stereocenters. The number of amides is 1. The van der Waals surface area contributed by atoms with Crippen molar-refractivity contribution >= 4 is 34.5 Å². The van der Waals surface area contributed by atoms with E-state index in [1.54, 1.807) is 6.92 Å². The highest BCUT2D eigenvalue weighted by atomic mass is 32.2. The lowest BCUT2D eigenvalue weighted by atomic mass is 10.1. The number of oxazole rings is 1. The quantitative estimate of drug-likeness (QED) is 0.386. The first-order chi connectivity index (χ1) is 12.8. The number of rotatable bonds is 6. The number of aromatic nitrogens is 1. The molecule has 0 unspecified atom stereocenters. The van der Waals surface area contributed by atoms with E-state index in [2.05, 4.69) is 10.3 Å². The first kappa shape index (κ1) is 18.8. The zero-order valence-electron chi connectivity index (χ0n) is 13.9. The average Bonchev–Trinajstić information content (AvgIpc) is 3.01. The Kier molecular flexibility index (Phi) is 5.36. The molecule has 2 aromatic carbocycles. The van der Waals surface area contributed by atoms with Crippen molar-refractivity contribution in [3.05, 3.63) is 63.7 Å². The summed E-state index contributed by atoms with van der Waals surface area (Å²) in [6.07, 6.45) is 0. The number of halogens is 2. The zero-order chi connectivity index (χ0) is 19.6. The highest BCUT2D eigenvalue weighted by Crippen LogP contribution is 2.26. The van der Waals surface area contributed by atoms with E-state index in [4.69, 9.17) is 4.42 Å². The minimum Gasteiger partial charge on any atom is -0.431 e. The van der Waals surface area contributed by atoms with Gasteiger partial charge in [-0.2, -0.15) is 0 Å². The van der Waals surface area contributed by atoms with Gasteiger partial charge >= 0.3 is 0 Å². The van der Waals surface area contributed by atoms with Crippen molar-refractivity contribution in [2.45, 2.75) is 18.2 Å². The molecule has 0 fully saturated rings. The molecule has 0 saturated carbocycles. The second-order valence-electron chi connectivity index (χ2n) is 5.63. The molecule has 1 N–H and O–H groups in total. The molecule has 10 heteroatoms. The Morgan fingerprint density at radius 1 is 1.33 bits per heavy atom. The van der Waals surface area contributed by atoms with Crippen LogP contribution in [0.2, 0.25) is 0 Å². The van der Waals surface area contributed by atoms with Gasteiger partial charge in [-0.1, -0.05) is 17.8 Å². The maximum atomic E-state index is 13.7. The number of nitro benzene ring substituents is 1. The van der Waals surface area contributed by atoms with E-state index in [1.807, 2.05) is 0 Å². The van der Waals surface area contributed by atoms with E-state index < -0.39 is 28.5 Å². The number of carbonyl (C=O) groups is 1. The van der Waals surface area contributed by atoms with E-state index in [-0.39, 0.29) is 22.2 Å². The van der Waals surface area contributed by atoms with E-state index in [0.717, 1.165) is 23.9 Å². The number of nitrogens with one attached hydrogen (secondary N) is 1. The zero-order valence-corrected chi connectivity index (χ0v) is 14.8. The average molecular weight is 393 g/mol. The van der Waals surface area contributed by atoms with Crippen molar-refractivity contribution in [2.75, 3.05) is 5.75 Å². The number of hydrogen-bond donors (Lipinski definition) is 1. The van der Waals surface area contributed by atoms with E-state index in [9.17, 15) is 23.7 Å². The van der Waals surface area contributed by atoms with Crippen LogP contribution in [0.3, 0.4) is 0 Å². The van der Waals surface area contributed by atoms with Gasteiger partial charge in [-0.05, 0) is 19.1 Å². The van der Waals surface area contributed by atoms with E-state index in [1.165, 1.54) is 24.3 Å². The van der Waals surface area contributed by atoms with E-state index in [0.29, 0.717) is 11.1 Å². The van der Waals surface area contributed by atoms with Crippen molar-refractivity contribution in [1.82, 2.24) is 10.3 Å². The smallest absolute Gasteiger partial charge is 0.271 e. The molecule has 1 aromatic heterocycles. The number of hydrogen-bond acceptors (Lipinski definition) is 6. The van der Waals surface area contributed by atoms with Gasteiger partial charge in [0.1, 0.15) is 17.2 Å². The molecule has 7 nitrogen and oxygen atoms in total. The number of fused-ring (bicyclic) bond motifs is 1. The van der Waals surface area contributed by atoms with Crippen molar-refractivity contribution in [3.8, 4) is 0 Å². The van der Waals surface area contributed by atoms with Crippen LogP contribution in [0.25, 0.3) is 11.1 Å². The summed E-state index contributed by atoms with van der Waals surface area (Å²) in [5.41, 5.74) is 0.739. The largest absolute Gasteiger partial charge is 0.431 e. The van der Waals surface area contributed by atoms with Gasteiger partial charge < -0.3 is 9.73 Å². The topological polar surface area (TPSA) is 98.3 Å². The molecule has 1 heterocycles. The lowest BCUT2D eigenvalue weighted by Crippen LogP contribution is -2.28. The Labute approximate surface area is 155 Å². The van der Waals surface area contributed by atoms with Crippen LogP contribution in [0.1, 0.15) is 18.5 Å². The van der Waals surface area contributed by atoms with Crippen LogP contribution < -0.4 is 5.32 Å². The summed E-state index contributed by atoms with van der Waals surface area (Å²) in [6, 6.07) is 6.51. The van der Waals surface area contributed by atoms with Gasteiger partial charge in [-0.3, -0.25) is 14.9 Å². The molecule has 3 aromatic rings. The molecule has 140 valence electrons. The van der Waals surface area contributed by atoms with Crippen molar-refractivity contribution in [3.63, 3.8) is 0 Å². The fraction of sp³-hybridized carbons (Fsp3) is 0.176. The van der Waals surface area contributed by atoms with Crippen LogP contribution in [-0.2, 0) is 4.79 Å². The molecule has 0 spiro atoms. The molecule has 0 saturated heterocycles. The summed E-state index contributed by atoms with van der Waals surface area (Å²) < 4.78 is 32.1. The van der Waals surface area contributed by atoms with Crippen molar-refractivity contribution < 1.29 is 22.9 Å². The number of carbonyl (C=O) groups excluding carboxylic acids is 1. The molecular formula is C17H13F2N3O4S. The Hall–Kier alpha value is -3.01. The van der Waals surface area contributed by atoms with Crippen LogP contribution >= 0.6 is 11.8 Å². The molecule has 0 radical (unpaired) electrons. The Bertz CT molecular complexity index is 1020. The van der Waals surface area contributed by atoms with Gasteiger partial charge in [0.2, 0.25) is 5.91 Å². The lowest BCUT2D eigenvalue weighted by Gasteiger charge is -2.14.